The quantitative estimate of drug-likeness (QED) is 0.771. The minimum absolute atomic E-state index is 0.554. The fourth-order valence-electron chi connectivity index (χ4n) is 2.00. The van der Waals surface area contributed by atoms with Crippen molar-refractivity contribution >= 4 is 6.29 Å². The smallest absolute Gasteiger partial charge is 0.150 e. The number of carbonyl (C=O) groups is 1. The van der Waals surface area contributed by atoms with Crippen LogP contribution < -0.4 is 0 Å². The molecular formula is C15H14N2O. The van der Waals surface area contributed by atoms with Gasteiger partial charge in [0.2, 0.25) is 0 Å². The molecule has 1 aliphatic rings. The summed E-state index contributed by atoms with van der Waals surface area (Å²) in [6.45, 7) is 2.00. The van der Waals surface area contributed by atoms with E-state index in [9.17, 15) is 4.79 Å². The fourth-order valence-corrected chi connectivity index (χ4v) is 2.00. The Morgan fingerprint density at radius 3 is 2.50 bits per heavy atom. The number of carbonyl (C=O) groups excluding carboxylic acids is 1. The number of rotatable bonds is 3. The molecule has 0 spiro atoms. The molecule has 90 valence electrons. The molecular weight excluding hydrogens is 224 g/mol. The molecule has 0 radical (unpaired) electrons. The highest BCUT2D eigenvalue weighted by Crippen LogP contribution is 2.38. The average Bonchev–Trinajstić information content (AvgIpc) is 3.22. The number of nitrogens with zero attached hydrogens (tertiary/aromatic N) is 2. The van der Waals surface area contributed by atoms with Gasteiger partial charge in [-0.1, -0.05) is 24.3 Å². The maximum absolute atomic E-state index is 10.6. The summed E-state index contributed by atoms with van der Waals surface area (Å²) in [7, 11) is 0. The van der Waals surface area contributed by atoms with Gasteiger partial charge in [-0.15, -0.1) is 0 Å². The van der Waals surface area contributed by atoms with E-state index in [1.54, 1.807) is 0 Å². The van der Waals surface area contributed by atoms with E-state index in [0.29, 0.717) is 11.5 Å². The predicted octanol–water partition coefficient (Wildman–Crippen LogP) is 3.14. The highest BCUT2D eigenvalue weighted by Gasteiger charge is 2.27. The van der Waals surface area contributed by atoms with Crippen LogP contribution in [-0.4, -0.2) is 16.3 Å². The van der Waals surface area contributed by atoms with Crippen molar-refractivity contribution in [3.05, 3.63) is 47.4 Å². The monoisotopic (exact) mass is 238 g/mol. The Hall–Kier alpha value is -2.03. The lowest BCUT2D eigenvalue weighted by Crippen LogP contribution is -1.97. The Morgan fingerprint density at radius 1 is 1.17 bits per heavy atom. The minimum Gasteiger partial charge on any atom is -0.298 e. The van der Waals surface area contributed by atoms with E-state index in [1.165, 1.54) is 12.8 Å². The van der Waals surface area contributed by atoms with Crippen LogP contribution in [0.5, 0.6) is 0 Å². The van der Waals surface area contributed by atoms with Gasteiger partial charge in [-0.2, -0.15) is 0 Å². The van der Waals surface area contributed by atoms with Gasteiger partial charge in [0.15, 0.2) is 0 Å². The first-order valence-electron chi connectivity index (χ1n) is 6.17. The second-order valence-corrected chi connectivity index (χ2v) is 4.77. The lowest BCUT2D eigenvalue weighted by Gasteiger charge is -2.05. The number of aldehydes is 1. The molecule has 1 aliphatic carbocycles. The molecule has 0 unspecified atom stereocenters. The van der Waals surface area contributed by atoms with Crippen molar-refractivity contribution in [2.75, 3.05) is 0 Å². The Morgan fingerprint density at radius 2 is 1.89 bits per heavy atom. The van der Waals surface area contributed by atoms with Crippen LogP contribution in [-0.2, 0) is 0 Å². The number of hydrogen-bond donors (Lipinski definition) is 0. The summed E-state index contributed by atoms with van der Waals surface area (Å²) in [4.78, 5) is 19.7. The van der Waals surface area contributed by atoms with Crippen LogP contribution in [0.3, 0.4) is 0 Å². The summed E-state index contributed by atoms with van der Waals surface area (Å²) in [5, 5.41) is 0. The largest absolute Gasteiger partial charge is 0.298 e. The van der Waals surface area contributed by atoms with Crippen LogP contribution in [0.25, 0.3) is 11.3 Å². The lowest BCUT2D eigenvalue weighted by atomic mass is 10.1. The molecule has 3 rings (SSSR count). The normalized spacial score (nSPS) is 14.5. The summed E-state index contributed by atoms with van der Waals surface area (Å²) in [6, 6.07) is 9.49. The summed E-state index contributed by atoms with van der Waals surface area (Å²) >= 11 is 0. The van der Waals surface area contributed by atoms with Crippen LogP contribution in [0.4, 0.5) is 0 Å². The van der Waals surface area contributed by atoms with Crippen molar-refractivity contribution in [2.24, 2.45) is 0 Å². The van der Waals surface area contributed by atoms with E-state index in [4.69, 9.17) is 0 Å². The second kappa shape index (κ2) is 4.33. The first kappa shape index (κ1) is 11.1. The summed E-state index contributed by atoms with van der Waals surface area (Å²) in [5.41, 5.74) is 3.67. The first-order chi connectivity index (χ1) is 8.76. The topological polar surface area (TPSA) is 42.9 Å². The van der Waals surface area contributed by atoms with Gasteiger partial charge in [0.25, 0.3) is 0 Å². The molecule has 0 saturated heterocycles. The van der Waals surface area contributed by atoms with E-state index < -0.39 is 0 Å². The number of benzene rings is 1. The zero-order chi connectivity index (χ0) is 12.5. The number of aryl methyl sites for hydroxylation is 1. The van der Waals surface area contributed by atoms with Crippen LogP contribution in [0, 0.1) is 6.92 Å². The maximum Gasteiger partial charge on any atom is 0.150 e. The predicted molar refractivity (Wildman–Crippen MR) is 69.6 cm³/mol. The fraction of sp³-hybridized carbons (Fsp3) is 0.267. The third-order valence-electron chi connectivity index (χ3n) is 3.16. The van der Waals surface area contributed by atoms with Crippen molar-refractivity contribution in [3.8, 4) is 11.3 Å². The molecule has 0 amide bonds. The van der Waals surface area contributed by atoms with Gasteiger partial charge in [0.1, 0.15) is 12.1 Å². The Labute approximate surface area is 106 Å². The molecule has 1 aromatic carbocycles. The van der Waals surface area contributed by atoms with Gasteiger partial charge >= 0.3 is 0 Å². The van der Waals surface area contributed by atoms with Crippen LogP contribution >= 0.6 is 0 Å². The molecule has 1 aromatic heterocycles. The van der Waals surface area contributed by atoms with Gasteiger partial charge in [-0.3, -0.25) is 4.79 Å². The molecule has 18 heavy (non-hydrogen) atoms. The zero-order valence-electron chi connectivity index (χ0n) is 10.3. The molecule has 0 N–H and O–H groups in total. The molecule has 1 fully saturated rings. The first-order valence-corrected chi connectivity index (χ1v) is 6.17. The third kappa shape index (κ3) is 2.16. The standard InChI is InChI=1S/C15H14N2O/c1-10-8-14(17-15(16-10)13-6-7-13)12-4-2-11(9-18)3-5-12/h2-5,8-9,13H,6-7H2,1H3. The maximum atomic E-state index is 10.6. The van der Waals surface area contributed by atoms with Crippen molar-refractivity contribution in [3.63, 3.8) is 0 Å². The average molecular weight is 238 g/mol. The van der Waals surface area contributed by atoms with Crippen molar-refractivity contribution < 1.29 is 4.79 Å². The molecule has 3 heteroatoms. The van der Waals surface area contributed by atoms with Gasteiger partial charge in [0, 0.05) is 22.7 Å². The number of hydrogen-bond acceptors (Lipinski definition) is 3. The third-order valence-corrected chi connectivity index (χ3v) is 3.16. The van der Waals surface area contributed by atoms with Crippen LogP contribution in [0.15, 0.2) is 30.3 Å². The highest BCUT2D eigenvalue weighted by atomic mass is 16.1. The van der Waals surface area contributed by atoms with E-state index in [0.717, 1.165) is 29.1 Å². The summed E-state index contributed by atoms with van der Waals surface area (Å²) < 4.78 is 0. The van der Waals surface area contributed by atoms with Crippen molar-refractivity contribution in [1.82, 2.24) is 9.97 Å². The summed E-state index contributed by atoms with van der Waals surface area (Å²) in [6.07, 6.45) is 3.25. The molecule has 1 heterocycles. The van der Waals surface area contributed by atoms with Gasteiger partial charge < -0.3 is 0 Å². The second-order valence-electron chi connectivity index (χ2n) is 4.77. The molecule has 0 aliphatic heterocycles. The van der Waals surface area contributed by atoms with E-state index in [2.05, 4.69) is 9.97 Å². The van der Waals surface area contributed by atoms with Crippen LogP contribution in [0.1, 0.15) is 40.6 Å². The Bertz CT molecular complexity index is 586. The van der Waals surface area contributed by atoms with E-state index in [1.807, 2.05) is 37.3 Å². The molecule has 3 nitrogen and oxygen atoms in total. The van der Waals surface area contributed by atoms with Crippen molar-refractivity contribution in [1.29, 1.82) is 0 Å². The van der Waals surface area contributed by atoms with Gasteiger partial charge in [-0.25, -0.2) is 9.97 Å². The van der Waals surface area contributed by atoms with E-state index >= 15 is 0 Å². The SMILES string of the molecule is Cc1cc(-c2ccc(C=O)cc2)nc(C2CC2)n1. The Kier molecular flexibility index (Phi) is 2.67. The minimum atomic E-state index is 0.554. The molecule has 0 bridgehead atoms. The number of aromatic nitrogens is 2. The van der Waals surface area contributed by atoms with Crippen LogP contribution in [0.2, 0.25) is 0 Å². The highest BCUT2D eigenvalue weighted by molar-refractivity contribution is 5.76. The Balaban J connectivity index is 2.01. The summed E-state index contributed by atoms with van der Waals surface area (Å²) in [5.74, 6) is 1.52. The molecule has 2 aromatic rings. The van der Waals surface area contributed by atoms with Gasteiger partial charge in [0.05, 0.1) is 5.69 Å². The zero-order valence-corrected chi connectivity index (χ0v) is 10.3. The molecule has 0 atom stereocenters. The van der Waals surface area contributed by atoms with E-state index in [-0.39, 0.29) is 0 Å². The van der Waals surface area contributed by atoms with Gasteiger partial charge in [-0.05, 0) is 25.8 Å². The lowest BCUT2D eigenvalue weighted by molar-refractivity contribution is 0.112. The van der Waals surface area contributed by atoms with Crippen molar-refractivity contribution in [2.45, 2.75) is 25.7 Å². The molecule has 1 saturated carbocycles.